The topological polar surface area (TPSA) is 29.9 Å². The van der Waals surface area contributed by atoms with Crippen LogP contribution in [0.5, 0.6) is 0 Å². The van der Waals surface area contributed by atoms with Gasteiger partial charge >= 0.3 is 0 Å². The van der Waals surface area contributed by atoms with E-state index in [1.54, 1.807) is 0 Å². The fourth-order valence-corrected chi connectivity index (χ4v) is 1.30. The Morgan fingerprint density at radius 1 is 1.64 bits per heavy atom. The lowest BCUT2D eigenvalue weighted by atomic mass is 10.2. The van der Waals surface area contributed by atoms with E-state index < -0.39 is 0 Å². The minimum Gasteiger partial charge on any atom is -0.313 e. The molecule has 14 heavy (non-hydrogen) atoms. The van der Waals surface area contributed by atoms with Gasteiger partial charge in [0, 0.05) is 24.8 Å². The van der Waals surface area contributed by atoms with Crippen LogP contribution >= 0.6 is 0 Å². The summed E-state index contributed by atoms with van der Waals surface area (Å²) in [5, 5.41) is 7.50. The van der Waals surface area contributed by atoms with E-state index in [9.17, 15) is 0 Å². The van der Waals surface area contributed by atoms with Gasteiger partial charge in [-0.25, -0.2) is 0 Å². The number of hydrogen-bond acceptors (Lipinski definition) is 2. The zero-order valence-electron chi connectivity index (χ0n) is 9.46. The van der Waals surface area contributed by atoms with Crippen molar-refractivity contribution >= 4 is 6.08 Å². The third kappa shape index (κ3) is 2.70. The summed E-state index contributed by atoms with van der Waals surface area (Å²) in [5.41, 5.74) is 3.76. The van der Waals surface area contributed by atoms with Crippen LogP contribution in [0.2, 0.25) is 0 Å². The molecule has 0 aliphatic carbocycles. The molecule has 1 aromatic rings. The van der Waals surface area contributed by atoms with Crippen molar-refractivity contribution in [1.29, 1.82) is 0 Å². The standard InChI is InChI=1S/C11H19N3/c1-5-12-7-9(2)6-11-8-13-14(4)10(11)3/h6,8,12H,5,7H2,1-4H3. The van der Waals surface area contributed by atoms with E-state index in [1.807, 2.05) is 17.9 Å². The van der Waals surface area contributed by atoms with E-state index in [4.69, 9.17) is 0 Å². The van der Waals surface area contributed by atoms with Crippen molar-refractivity contribution in [2.45, 2.75) is 20.8 Å². The maximum Gasteiger partial charge on any atom is 0.0564 e. The molecule has 1 rings (SSSR count). The van der Waals surface area contributed by atoms with Gasteiger partial charge in [-0.2, -0.15) is 5.10 Å². The summed E-state index contributed by atoms with van der Waals surface area (Å²) in [5.74, 6) is 0. The highest BCUT2D eigenvalue weighted by atomic mass is 15.3. The summed E-state index contributed by atoms with van der Waals surface area (Å²) in [7, 11) is 1.96. The van der Waals surface area contributed by atoms with Gasteiger partial charge in [0.05, 0.1) is 6.20 Å². The molecule has 1 heterocycles. The maximum absolute atomic E-state index is 4.20. The molecule has 0 spiro atoms. The summed E-state index contributed by atoms with van der Waals surface area (Å²) in [6.45, 7) is 8.29. The van der Waals surface area contributed by atoms with Crippen LogP contribution in [0, 0.1) is 6.92 Å². The van der Waals surface area contributed by atoms with Crippen LogP contribution in [0.15, 0.2) is 11.8 Å². The van der Waals surface area contributed by atoms with E-state index in [0.29, 0.717) is 0 Å². The van der Waals surface area contributed by atoms with Gasteiger partial charge in [0.1, 0.15) is 0 Å². The Morgan fingerprint density at radius 2 is 2.36 bits per heavy atom. The molecule has 1 N–H and O–H groups in total. The van der Waals surface area contributed by atoms with E-state index in [1.165, 1.54) is 16.8 Å². The maximum atomic E-state index is 4.20. The van der Waals surface area contributed by atoms with Gasteiger partial charge in [-0.1, -0.05) is 18.6 Å². The largest absolute Gasteiger partial charge is 0.313 e. The summed E-state index contributed by atoms with van der Waals surface area (Å²) < 4.78 is 1.90. The first-order valence-corrected chi connectivity index (χ1v) is 5.01. The molecule has 0 saturated carbocycles. The van der Waals surface area contributed by atoms with Gasteiger partial charge in [0.15, 0.2) is 0 Å². The fourth-order valence-electron chi connectivity index (χ4n) is 1.30. The third-order valence-electron chi connectivity index (χ3n) is 2.33. The predicted octanol–water partition coefficient (Wildman–Crippen LogP) is 1.74. The highest BCUT2D eigenvalue weighted by molar-refractivity contribution is 5.54. The van der Waals surface area contributed by atoms with Crippen molar-refractivity contribution in [3.05, 3.63) is 23.0 Å². The van der Waals surface area contributed by atoms with E-state index in [-0.39, 0.29) is 0 Å². The lowest BCUT2D eigenvalue weighted by Gasteiger charge is -2.01. The average molecular weight is 193 g/mol. The molecule has 0 aliphatic rings. The zero-order chi connectivity index (χ0) is 10.6. The first kappa shape index (κ1) is 11.0. The number of aryl methyl sites for hydroxylation is 1. The minimum atomic E-state index is 0.949. The molecule has 0 atom stereocenters. The number of nitrogens with one attached hydrogen (secondary N) is 1. The molecular weight excluding hydrogens is 174 g/mol. The van der Waals surface area contributed by atoms with Crippen molar-refractivity contribution in [3.8, 4) is 0 Å². The van der Waals surface area contributed by atoms with Gasteiger partial charge < -0.3 is 5.32 Å². The molecule has 0 bridgehead atoms. The Balaban J connectivity index is 2.71. The van der Waals surface area contributed by atoms with Crippen LogP contribution in [0.4, 0.5) is 0 Å². The molecule has 0 aromatic carbocycles. The molecule has 3 heteroatoms. The molecule has 0 amide bonds. The van der Waals surface area contributed by atoms with E-state index >= 15 is 0 Å². The fraction of sp³-hybridized carbons (Fsp3) is 0.545. The summed E-state index contributed by atoms with van der Waals surface area (Å²) in [4.78, 5) is 0. The summed E-state index contributed by atoms with van der Waals surface area (Å²) in [6, 6.07) is 0. The van der Waals surface area contributed by atoms with Crippen molar-refractivity contribution < 1.29 is 0 Å². The van der Waals surface area contributed by atoms with Crippen LogP contribution in [0.25, 0.3) is 6.08 Å². The highest BCUT2D eigenvalue weighted by Gasteiger charge is 2.00. The average Bonchev–Trinajstić information content (AvgIpc) is 2.46. The van der Waals surface area contributed by atoms with Crippen molar-refractivity contribution in [2.24, 2.45) is 7.05 Å². The van der Waals surface area contributed by atoms with Gasteiger partial charge in [-0.05, 0) is 20.4 Å². The smallest absolute Gasteiger partial charge is 0.0564 e. The van der Waals surface area contributed by atoms with Crippen molar-refractivity contribution in [2.75, 3.05) is 13.1 Å². The molecular formula is C11H19N3. The number of likely N-dealkylation sites (N-methyl/N-ethyl adjacent to an activating group) is 1. The van der Waals surface area contributed by atoms with Crippen LogP contribution in [0.1, 0.15) is 25.1 Å². The molecule has 0 radical (unpaired) electrons. The Morgan fingerprint density at radius 3 is 2.86 bits per heavy atom. The second-order valence-corrected chi connectivity index (χ2v) is 3.58. The minimum absolute atomic E-state index is 0.949. The Labute approximate surface area is 85.8 Å². The first-order chi connectivity index (χ1) is 6.65. The van der Waals surface area contributed by atoms with Crippen LogP contribution in [-0.4, -0.2) is 22.9 Å². The summed E-state index contributed by atoms with van der Waals surface area (Å²) >= 11 is 0. The first-order valence-electron chi connectivity index (χ1n) is 5.01. The highest BCUT2D eigenvalue weighted by Crippen LogP contribution is 2.10. The number of nitrogens with zero attached hydrogens (tertiary/aromatic N) is 2. The SMILES string of the molecule is CCNCC(C)=Cc1cnn(C)c1C. The number of aromatic nitrogens is 2. The second-order valence-electron chi connectivity index (χ2n) is 3.58. The molecule has 1 aromatic heterocycles. The van der Waals surface area contributed by atoms with Crippen LogP contribution in [0.3, 0.4) is 0 Å². The predicted molar refractivity (Wildman–Crippen MR) is 60.1 cm³/mol. The molecule has 78 valence electrons. The lowest BCUT2D eigenvalue weighted by molar-refractivity contribution is 0.740. The Bertz CT molecular complexity index is 323. The molecule has 0 saturated heterocycles. The normalized spacial score (nSPS) is 12.1. The monoisotopic (exact) mass is 193 g/mol. The number of rotatable bonds is 4. The Hall–Kier alpha value is -1.09. The van der Waals surface area contributed by atoms with Crippen LogP contribution in [-0.2, 0) is 7.05 Å². The third-order valence-corrected chi connectivity index (χ3v) is 2.33. The van der Waals surface area contributed by atoms with E-state index in [0.717, 1.165) is 13.1 Å². The van der Waals surface area contributed by atoms with E-state index in [2.05, 4.69) is 37.3 Å². The molecule has 0 aliphatic heterocycles. The quantitative estimate of drug-likeness (QED) is 0.789. The second kappa shape index (κ2) is 4.96. The van der Waals surface area contributed by atoms with Gasteiger partial charge in [-0.15, -0.1) is 0 Å². The molecule has 0 fully saturated rings. The van der Waals surface area contributed by atoms with Gasteiger partial charge in [-0.3, -0.25) is 4.68 Å². The van der Waals surface area contributed by atoms with Crippen molar-refractivity contribution in [3.63, 3.8) is 0 Å². The van der Waals surface area contributed by atoms with Gasteiger partial charge in [0.2, 0.25) is 0 Å². The molecule has 3 nitrogen and oxygen atoms in total. The van der Waals surface area contributed by atoms with Gasteiger partial charge in [0.25, 0.3) is 0 Å². The summed E-state index contributed by atoms with van der Waals surface area (Å²) in [6.07, 6.45) is 4.09. The zero-order valence-corrected chi connectivity index (χ0v) is 9.46. The van der Waals surface area contributed by atoms with Crippen molar-refractivity contribution in [1.82, 2.24) is 15.1 Å². The molecule has 0 unspecified atom stereocenters. The Kier molecular flexibility index (Phi) is 3.89. The number of hydrogen-bond donors (Lipinski definition) is 1. The lowest BCUT2D eigenvalue weighted by Crippen LogP contribution is -2.14. The van der Waals surface area contributed by atoms with Crippen LogP contribution < -0.4 is 5.32 Å².